The van der Waals surface area contributed by atoms with Gasteiger partial charge in [-0.2, -0.15) is 0 Å². The van der Waals surface area contributed by atoms with Crippen LogP contribution in [0.1, 0.15) is 41.5 Å². The number of aliphatic hydroxyl groups excluding tert-OH is 1. The second-order valence-corrected chi connectivity index (χ2v) is 12.7. The van der Waals surface area contributed by atoms with Crippen LogP contribution in [0.25, 0.3) is 0 Å². The number of hydrogen-bond donors (Lipinski definition) is 1. The van der Waals surface area contributed by atoms with E-state index in [4.69, 9.17) is 0 Å². The molecule has 134 valence electrons. The Morgan fingerprint density at radius 3 is 1.46 bits per heavy atom. The molecule has 0 saturated heterocycles. The van der Waals surface area contributed by atoms with E-state index in [1.165, 1.54) is 0 Å². The summed E-state index contributed by atoms with van der Waals surface area (Å²) in [5, 5.41) is 11.0. The molecule has 0 aromatic carbocycles. The first kappa shape index (κ1) is 19.5. The number of aliphatic hydroxyl groups is 1. The minimum absolute atomic E-state index is 0.307. The average molecular weight is 369 g/mol. The van der Waals surface area contributed by atoms with Crippen molar-refractivity contribution in [1.29, 1.82) is 0 Å². The van der Waals surface area contributed by atoms with E-state index in [9.17, 15) is 13.5 Å². The Hall–Kier alpha value is -0.780. The van der Waals surface area contributed by atoms with Crippen molar-refractivity contribution in [3.8, 4) is 0 Å². The fraction of sp³-hybridized carbons (Fsp3) is 0.579. The Morgan fingerprint density at radius 1 is 0.833 bits per heavy atom. The van der Waals surface area contributed by atoms with E-state index in [1.807, 2.05) is 78.0 Å². The third-order valence-corrected chi connectivity index (χ3v) is 7.99. The molecule has 3 nitrogen and oxygen atoms in total. The van der Waals surface area contributed by atoms with Gasteiger partial charge in [0.15, 0.2) is 0 Å². The maximum Gasteiger partial charge on any atom is 0.0758 e. The molecule has 1 N–H and O–H groups in total. The number of hydrogen-bond acceptors (Lipinski definition) is 3. The molecule has 0 aromatic heterocycles. The van der Waals surface area contributed by atoms with E-state index in [0.717, 1.165) is 9.81 Å². The van der Waals surface area contributed by atoms with Crippen LogP contribution in [-0.2, 0) is 21.6 Å². The zero-order chi connectivity index (χ0) is 18.3. The van der Waals surface area contributed by atoms with Crippen LogP contribution in [0.2, 0.25) is 0 Å². The fourth-order valence-electron chi connectivity index (χ4n) is 2.82. The monoisotopic (exact) mass is 368 g/mol. The molecule has 0 radical (unpaired) electrons. The van der Waals surface area contributed by atoms with Crippen LogP contribution in [0, 0.1) is 11.8 Å². The smallest absolute Gasteiger partial charge is 0.0758 e. The van der Waals surface area contributed by atoms with Gasteiger partial charge < -0.3 is 5.11 Å². The molecule has 0 amide bonds. The van der Waals surface area contributed by atoms with Gasteiger partial charge >= 0.3 is 0 Å². The molecule has 0 heterocycles. The summed E-state index contributed by atoms with van der Waals surface area (Å²) in [5.41, 5.74) is 0. The molecular formula is C19H28O3S2. The van der Waals surface area contributed by atoms with E-state index in [2.05, 4.69) is 0 Å². The molecule has 2 rings (SSSR count). The second kappa shape index (κ2) is 6.85. The van der Waals surface area contributed by atoms with E-state index in [-0.39, 0.29) is 21.3 Å². The predicted octanol–water partition coefficient (Wildman–Crippen LogP) is 3.58. The normalized spacial score (nSPS) is 27.8. The predicted molar refractivity (Wildman–Crippen MR) is 103 cm³/mol. The van der Waals surface area contributed by atoms with Crippen molar-refractivity contribution in [3.05, 3.63) is 46.3 Å². The molecule has 0 bridgehead atoms. The first-order valence-corrected chi connectivity index (χ1v) is 10.5. The fourth-order valence-corrected chi connectivity index (χ4v) is 5.57. The Labute approximate surface area is 150 Å². The Bertz CT molecular complexity index is 612. The van der Waals surface area contributed by atoms with E-state index in [0.29, 0.717) is 0 Å². The maximum atomic E-state index is 12.8. The maximum absolute atomic E-state index is 12.8. The molecule has 0 aromatic rings. The third-order valence-electron chi connectivity index (χ3n) is 4.09. The molecule has 2 aliphatic rings. The van der Waals surface area contributed by atoms with Crippen molar-refractivity contribution in [2.75, 3.05) is 0 Å². The van der Waals surface area contributed by atoms with Crippen LogP contribution in [0.15, 0.2) is 46.3 Å². The van der Waals surface area contributed by atoms with Crippen LogP contribution in [-0.4, -0.2) is 29.1 Å². The summed E-state index contributed by atoms with van der Waals surface area (Å²) in [5.74, 6) is -0.614. The lowest BCUT2D eigenvalue weighted by atomic mass is 9.92. The van der Waals surface area contributed by atoms with Crippen LogP contribution < -0.4 is 0 Å². The molecule has 4 unspecified atom stereocenters. The highest BCUT2D eigenvalue weighted by Crippen LogP contribution is 2.39. The van der Waals surface area contributed by atoms with E-state index >= 15 is 0 Å². The van der Waals surface area contributed by atoms with Gasteiger partial charge in [0.25, 0.3) is 0 Å². The third kappa shape index (κ3) is 3.89. The van der Waals surface area contributed by atoms with Crippen molar-refractivity contribution < 1.29 is 13.5 Å². The molecule has 24 heavy (non-hydrogen) atoms. The largest absolute Gasteiger partial charge is 0.391 e. The van der Waals surface area contributed by atoms with Crippen LogP contribution >= 0.6 is 0 Å². The SMILES string of the molecule is CC(C)(C)S(=O)C1=CC=CC1C(O)C1C=CC=C1S(=O)C(C)(C)C. The lowest BCUT2D eigenvalue weighted by Crippen LogP contribution is -2.35. The van der Waals surface area contributed by atoms with Crippen molar-refractivity contribution in [2.24, 2.45) is 11.8 Å². The van der Waals surface area contributed by atoms with Crippen LogP contribution in [0.5, 0.6) is 0 Å². The van der Waals surface area contributed by atoms with Gasteiger partial charge in [-0.1, -0.05) is 24.3 Å². The van der Waals surface area contributed by atoms with Gasteiger partial charge in [0.2, 0.25) is 0 Å². The molecule has 5 heteroatoms. The zero-order valence-corrected chi connectivity index (χ0v) is 16.9. The molecule has 0 fully saturated rings. The second-order valence-electron chi connectivity index (χ2n) is 8.21. The van der Waals surface area contributed by atoms with Gasteiger partial charge in [0.1, 0.15) is 0 Å². The van der Waals surface area contributed by atoms with Crippen molar-refractivity contribution in [2.45, 2.75) is 57.1 Å². The summed E-state index contributed by atoms with van der Waals surface area (Å²) in [6.07, 6.45) is 10.4. The lowest BCUT2D eigenvalue weighted by molar-refractivity contribution is 0.122. The van der Waals surface area contributed by atoms with Gasteiger partial charge in [0, 0.05) is 31.1 Å². The van der Waals surface area contributed by atoms with Gasteiger partial charge in [-0.25, -0.2) is 0 Å². The molecule has 2 aliphatic carbocycles. The summed E-state index contributed by atoms with van der Waals surface area (Å²) < 4.78 is 24.8. The summed E-state index contributed by atoms with van der Waals surface area (Å²) in [4.78, 5) is 1.49. The van der Waals surface area contributed by atoms with E-state index in [1.54, 1.807) is 0 Å². The van der Waals surface area contributed by atoms with Gasteiger partial charge in [0.05, 0.1) is 27.7 Å². The zero-order valence-electron chi connectivity index (χ0n) is 15.3. The average Bonchev–Trinajstić information content (AvgIpc) is 3.11. The highest BCUT2D eigenvalue weighted by atomic mass is 32.2. The number of rotatable bonds is 4. The quantitative estimate of drug-likeness (QED) is 0.825. The summed E-state index contributed by atoms with van der Waals surface area (Å²) in [6, 6.07) is 0. The minimum Gasteiger partial charge on any atom is -0.391 e. The molecule has 4 atom stereocenters. The highest BCUT2D eigenvalue weighted by molar-refractivity contribution is 7.90. The molecular weight excluding hydrogens is 340 g/mol. The summed E-state index contributed by atoms with van der Waals surface area (Å²) in [7, 11) is -2.37. The summed E-state index contributed by atoms with van der Waals surface area (Å²) in [6.45, 7) is 11.6. The topological polar surface area (TPSA) is 54.4 Å². The van der Waals surface area contributed by atoms with Gasteiger partial charge in [-0.3, -0.25) is 8.42 Å². The first-order chi connectivity index (χ1) is 10.9. The Morgan fingerprint density at radius 2 is 1.17 bits per heavy atom. The number of allylic oxidation sites excluding steroid dienone is 4. The standard InChI is InChI=1S/C19H28O3S2/c1-18(2,3)23(21)15-11-7-9-13(15)17(20)14-10-8-12-16(14)24(22)19(4,5)6/h7-14,17,20H,1-6H3. The first-order valence-electron chi connectivity index (χ1n) is 8.23. The van der Waals surface area contributed by atoms with Crippen molar-refractivity contribution >= 4 is 21.6 Å². The van der Waals surface area contributed by atoms with E-state index < -0.39 is 27.7 Å². The summed E-state index contributed by atoms with van der Waals surface area (Å²) >= 11 is 0. The lowest BCUT2D eigenvalue weighted by Gasteiger charge is -2.30. The van der Waals surface area contributed by atoms with Gasteiger partial charge in [-0.05, 0) is 53.7 Å². The van der Waals surface area contributed by atoms with Crippen LogP contribution in [0.3, 0.4) is 0 Å². The van der Waals surface area contributed by atoms with Crippen molar-refractivity contribution in [3.63, 3.8) is 0 Å². The highest BCUT2D eigenvalue weighted by Gasteiger charge is 2.39. The van der Waals surface area contributed by atoms with Crippen molar-refractivity contribution in [1.82, 2.24) is 0 Å². The van der Waals surface area contributed by atoms with Gasteiger partial charge in [-0.15, -0.1) is 0 Å². The molecule has 0 aliphatic heterocycles. The Kier molecular flexibility index (Phi) is 5.58. The minimum atomic E-state index is -1.18. The molecule has 0 spiro atoms. The Balaban J connectivity index is 2.24. The molecule has 0 saturated carbocycles. The van der Waals surface area contributed by atoms with Crippen LogP contribution in [0.4, 0.5) is 0 Å².